The van der Waals surface area contributed by atoms with Crippen LogP contribution in [0.4, 0.5) is 0 Å². The number of hydrogen-bond acceptors (Lipinski definition) is 4. The van der Waals surface area contributed by atoms with Crippen LogP contribution in [0, 0.1) is 0 Å². The lowest BCUT2D eigenvalue weighted by Gasteiger charge is -2.32. The minimum atomic E-state index is 0.480. The van der Waals surface area contributed by atoms with E-state index in [-0.39, 0.29) is 0 Å². The largest absolute Gasteiger partial charge is 0.493 e. The van der Waals surface area contributed by atoms with Gasteiger partial charge in [-0.1, -0.05) is 6.92 Å². The average Bonchev–Trinajstić information content (AvgIpc) is 2.67. The third-order valence-corrected chi connectivity index (χ3v) is 5.31. The maximum absolute atomic E-state index is 5.42. The first-order valence-electron chi connectivity index (χ1n) is 9.78. The van der Waals surface area contributed by atoms with Gasteiger partial charge in [0.05, 0.1) is 25.2 Å². The maximum atomic E-state index is 5.42. The first kappa shape index (κ1) is 21.8. The zero-order chi connectivity index (χ0) is 19.6. The van der Waals surface area contributed by atoms with Crippen LogP contribution in [0.5, 0.6) is 11.5 Å². The summed E-state index contributed by atoms with van der Waals surface area (Å²) in [5.41, 5.74) is 1.06. The van der Waals surface area contributed by atoms with Crippen molar-refractivity contribution in [3.05, 3.63) is 22.2 Å². The summed E-state index contributed by atoms with van der Waals surface area (Å²) >= 11 is 3.55. The summed E-state index contributed by atoms with van der Waals surface area (Å²) in [6, 6.07) is 4.48. The number of likely N-dealkylation sites (tertiary alicyclic amines) is 1. The highest BCUT2D eigenvalue weighted by molar-refractivity contribution is 9.10. The van der Waals surface area contributed by atoms with Crippen molar-refractivity contribution in [1.82, 2.24) is 15.5 Å². The average molecular weight is 441 g/mol. The third kappa shape index (κ3) is 6.57. The Morgan fingerprint density at radius 3 is 2.56 bits per heavy atom. The zero-order valence-electron chi connectivity index (χ0n) is 17.0. The fourth-order valence-electron chi connectivity index (χ4n) is 3.36. The highest BCUT2D eigenvalue weighted by Crippen LogP contribution is 2.36. The number of benzene rings is 1. The molecule has 27 heavy (non-hydrogen) atoms. The molecule has 0 atom stereocenters. The first-order valence-corrected chi connectivity index (χ1v) is 10.6. The predicted molar refractivity (Wildman–Crippen MR) is 115 cm³/mol. The van der Waals surface area contributed by atoms with Crippen molar-refractivity contribution in [2.75, 3.05) is 40.4 Å². The van der Waals surface area contributed by atoms with Gasteiger partial charge in [0.15, 0.2) is 17.5 Å². The molecule has 0 spiro atoms. The van der Waals surface area contributed by atoms with Crippen molar-refractivity contribution in [2.45, 2.75) is 45.7 Å². The number of guanidine groups is 1. The van der Waals surface area contributed by atoms with E-state index in [1.807, 2.05) is 12.1 Å². The van der Waals surface area contributed by atoms with Crippen LogP contribution in [-0.4, -0.2) is 57.3 Å². The van der Waals surface area contributed by atoms with Crippen LogP contribution in [0.2, 0.25) is 0 Å². The molecule has 152 valence electrons. The van der Waals surface area contributed by atoms with Gasteiger partial charge in [-0.3, -0.25) is 0 Å². The number of halogens is 1. The first-order chi connectivity index (χ1) is 13.1. The Bertz CT molecular complexity index is 616. The van der Waals surface area contributed by atoms with Crippen LogP contribution >= 0.6 is 15.9 Å². The summed E-state index contributed by atoms with van der Waals surface area (Å²) in [6.07, 6.45) is 3.54. The molecular formula is C20H33BrN4O2. The summed E-state index contributed by atoms with van der Waals surface area (Å²) < 4.78 is 11.7. The zero-order valence-corrected chi connectivity index (χ0v) is 18.6. The quantitative estimate of drug-likeness (QED) is 0.479. The van der Waals surface area contributed by atoms with E-state index in [2.05, 4.69) is 45.3 Å². The van der Waals surface area contributed by atoms with Gasteiger partial charge in [-0.05, 0) is 66.4 Å². The van der Waals surface area contributed by atoms with Crippen molar-refractivity contribution in [3.63, 3.8) is 0 Å². The van der Waals surface area contributed by atoms with Crippen molar-refractivity contribution in [2.24, 2.45) is 4.99 Å². The van der Waals surface area contributed by atoms with Crippen LogP contribution in [-0.2, 0) is 6.54 Å². The molecular weight excluding hydrogens is 408 g/mol. The van der Waals surface area contributed by atoms with Crippen LogP contribution in [0.3, 0.4) is 0 Å². The Hall–Kier alpha value is -1.47. The lowest BCUT2D eigenvalue weighted by atomic mass is 10.1. The SMILES string of the molecule is CCCN1CCC(NC(=NCc2cc(Br)c(OC)c(OC)c2)NCC)CC1. The molecule has 0 saturated carbocycles. The summed E-state index contributed by atoms with van der Waals surface area (Å²) in [6.45, 7) is 9.27. The Morgan fingerprint density at radius 1 is 1.22 bits per heavy atom. The van der Waals surface area contributed by atoms with Gasteiger partial charge in [0.1, 0.15) is 0 Å². The molecule has 1 fully saturated rings. The predicted octanol–water partition coefficient (Wildman–Crippen LogP) is 3.40. The molecule has 0 radical (unpaired) electrons. The van der Waals surface area contributed by atoms with E-state index in [1.54, 1.807) is 14.2 Å². The number of rotatable bonds is 8. The van der Waals surface area contributed by atoms with E-state index in [0.717, 1.165) is 48.5 Å². The van der Waals surface area contributed by atoms with Crippen molar-refractivity contribution < 1.29 is 9.47 Å². The molecule has 1 aliphatic rings. The molecule has 1 aromatic carbocycles. The molecule has 2 rings (SSSR count). The Morgan fingerprint density at radius 2 is 1.96 bits per heavy atom. The van der Waals surface area contributed by atoms with E-state index < -0.39 is 0 Å². The van der Waals surface area contributed by atoms with Gasteiger partial charge in [0.2, 0.25) is 0 Å². The van der Waals surface area contributed by atoms with Gasteiger partial charge < -0.3 is 25.0 Å². The molecule has 1 saturated heterocycles. The van der Waals surface area contributed by atoms with Crippen molar-refractivity contribution in [3.8, 4) is 11.5 Å². The van der Waals surface area contributed by atoms with Gasteiger partial charge in [-0.15, -0.1) is 0 Å². The van der Waals surface area contributed by atoms with Gasteiger partial charge in [0, 0.05) is 25.7 Å². The number of ether oxygens (including phenoxy) is 2. The second-order valence-corrected chi connectivity index (χ2v) is 7.62. The van der Waals surface area contributed by atoms with Crippen LogP contribution < -0.4 is 20.1 Å². The monoisotopic (exact) mass is 440 g/mol. The molecule has 1 aliphatic heterocycles. The number of nitrogens with one attached hydrogen (secondary N) is 2. The standard InChI is InChI=1S/C20H33BrN4O2/c1-5-9-25-10-7-16(8-11-25)24-20(22-6-2)23-14-15-12-17(21)19(27-4)18(13-15)26-3/h12-13,16H,5-11,14H2,1-4H3,(H2,22,23,24). The Kier molecular flexibility index (Phi) is 9.21. The summed E-state index contributed by atoms with van der Waals surface area (Å²) in [5.74, 6) is 2.28. The summed E-state index contributed by atoms with van der Waals surface area (Å²) in [7, 11) is 3.29. The van der Waals surface area contributed by atoms with E-state index in [4.69, 9.17) is 14.5 Å². The molecule has 6 nitrogen and oxygen atoms in total. The van der Waals surface area contributed by atoms with Gasteiger partial charge in [-0.25, -0.2) is 4.99 Å². The molecule has 0 aromatic heterocycles. The van der Waals surface area contributed by atoms with Crippen molar-refractivity contribution >= 4 is 21.9 Å². The number of methoxy groups -OCH3 is 2. The second kappa shape index (κ2) is 11.4. The highest BCUT2D eigenvalue weighted by atomic mass is 79.9. The van der Waals surface area contributed by atoms with Crippen LogP contribution in [0.25, 0.3) is 0 Å². The fraction of sp³-hybridized carbons (Fsp3) is 0.650. The second-order valence-electron chi connectivity index (χ2n) is 6.77. The lowest BCUT2D eigenvalue weighted by molar-refractivity contribution is 0.206. The van der Waals surface area contributed by atoms with Gasteiger partial charge >= 0.3 is 0 Å². The normalized spacial score (nSPS) is 16.3. The maximum Gasteiger partial charge on any atom is 0.191 e. The molecule has 1 aromatic rings. The Labute approximate surface area is 171 Å². The van der Waals surface area contributed by atoms with E-state index in [9.17, 15) is 0 Å². The molecule has 7 heteroatoms. The van der Waals surface area contributed by atoms with Gasteiger partial charge in [0.25, 0.3) is 0 Å². The summed E-state index contributed by atoms with van der Waals surface area (Å²) in [5, 5.41) is 6.96. The van der Waals surface area contributed by atoms with E-state index >= 15 is 0 Å². The topological polar surface area (TPSA) is 58.1 Å². The third-order valence-electron chi connectivity index (χ3n) is 4.73. The minimum Gasteiger partial charge on any atom is -0.493 e. The van der Waals surface area contributed by atoms with E-state index in [1.165, 1.54) is 13.0 Å². The van der Waals surface area contributed by atoms with Crippen LogP contribution in [0.1, 0.15) is 38.7 Å². The smallest absolute Gasteiger partial charge is 0.191 e. The number of nitrogens with zero attached hydrogens (tertiary/aromatic N) is 2. The minimum absolute atomic E-state index is 0.480. The molecule has 1 heterocycles. The van der Waals surface area contributed by atoms with Crippen molar-refractivity contribution in [1.29, 1.82) is 0 Å². The molecule has 0 unspecified atom stereocenters. The molecule has 2 N–H and O–H groups in total. The molecule has 0 bridgehead atoms. The highest BCUT2D eigenvalue weighted by Gasteiger charge is 2.19. The number of hydrogen-bond donors (Lipinski definition) is 2. The Balaban J connectivity index is 2.00. The number of aliphatic imine (C=N–C) groups is 1. The van der Waals surface area contributed by atoms with Gasteiger partial charge in [-0.2, -0.15) is 0 Å². The fourth-order valence-corrected chi connectivity index (χ4v) is 4.01. The summed E-state index contributed by atoms with van der Waals surface area (Å²) in [4.78, 5) is 7.31. The number of piperidine rings is 1. The lowest BCUT2D eigenvalue weighted by Crippen LogP contribution is -2.48. The molecule has 0 amide bonds. The molecule has 0 aliphatic carbocycles. The van der Waals surface area contributed by atoms with Crippen LogP contribution in [0.15, 0.2) is 21.6 Å². The van der Waals surface area contributed by atoms with E-state index in [0.29, 0.717) is 24.1 Å².